The fraction of sp³-hybridized carbons (Fsp3) is 0.333. The molecule has 0 aliphatic heterocycles. The van der Waals surface area contributed by atoms with Crippen LogP contribution in [0, 0.1) is 0 Å². The fourth-order valence-corrected chi connectivity index (χ4v) is 2.27. The highest BCUT2D eigenvalue weighted by atomic mass is 32.1. The molecule has 0 radical (unpaired) electrons. The van der Waals surface area contributed by atoms with Gasteiger partial charge in [-0.15, -0.1) is 11.3 Å². The summed E-state index contributed by atoms with van der Waals surface area (Å²) in [5, 5.41) is 5.36. The molecule has 0 bridgehead atoms. The average Bonchev–Trinajstić information content (AvgIpc) is 2.99. The van der Waals surface area contributed by atoms with Gasteiger partial charge in [0.2, 0.25) is 0 Å². The van der Waals surface area contributed by atoms with Gasteiger partial charge in [0.1, 0.15) is 10.7 Å². The van der Waals surface area contributed by atoms with E-state index in [0.717, 1.165) is 11.6 Å². The minimum atomic E-state index is -0.148. The summed E-state index contributed by atoms with van der Waals surface area (Å²) in [7, 11) is 0. The van der Waals surface area contributed by atoms with Crippen molar-refractivity contribution in [3.8, 4) is 0 Å². The molecule has 0 saturated carbocycles. The topological polar surface area (TPSA) is 72.9 Å². The molecule has 0 saturated heterocycles. The number of thiazole rings is 1. The highest BCUT2D eigenvalue weighted by molar-refractivity contribution is 7.09. The van der Waals surface area contributed by atoms with Gasteiger partial charge in [0.25, 0.3) is 5.91 Å². The normalized spacial score (nSPS) is 12.3. The number of amides is 1. The Morgan fingerprint density at radius 3 is 2.89 bits per heavy atom. The van der Waals surface area contributed by atoms with Crippen LogP contribution < -0.4 is 11.1 Å². The lowest BCUT2D eigenvalue weighted by Gasteiger charge is -2.04. The molecule has 6 heteroatoms. The Kier molecular flexibility index (Phi) is 4.11. The maximum atomic E-state index is 11.8. The van der Waals surface area contributed by atoms with Crippen LogP contribution in [0.5, 0.6) is 0 Å². The highest BCUT2D eigenvalue weighted by Crippen LogP contribution is 2.15. The Morgan fingerprint density at radius 1 is 1.56 bits per heavy atom. The molecular formula is C12H16N4OS. The second-order valence-corrected chi connectivity index (χ2v) is 4.93. The summed E-state index contributed by atoms with van der Waals surface area (Å²) in [6.45, 7) is 3.19. The Hall–Kier alpha value is -1.66. The van der Waals surface area contributed by atoms with Crippen molar-refractivity contribution in [1.82, 2.24) is 14.9 Å². The van der Waals surface area contributed by atoms with E-state index >= 15 is 0 Å². The van der Waals surface area contributed by atoms with Crippen molar-refractivity contribution < 1.29 is 4.79 Å². The first-order valence-corrected chi connectivity index (χ1v) is 6.65. The molecule has 2 rings (SSSR count). The van der Waals surface area contributed by atoms with E-state index in [0.29, 0.717) is 12.2 Å². The standard InChI is InChI=1S/C12H16N4OS/c1-9(13)12-15-10(8-18-12)11(17)14-4-7-16-5-2-3-6-16/h2-3,5-6,8-9H,4,7,13H2,1H3,(H,14,17). The summed E-state index contributed by atoms with van der Waals surface area (Å²) in [6.07, 6.45) is 3.92. The number of carbonyl (C=O) groups excluding carboxylic acids is 1. The molecule has 2 heterocycles. The van der Waals surface area contributed by atoms with Gasteiger partial charge in [0.05, 0.1) is 6.04 Å². The van der Waals surface area contributed by atoms with Gasteiger partial charge in [-0.25, -0.2) is 4.98 Å². The van der Waals surface area contributed by atoms with Crippen LogP contribution in [0.2, 0.25) is 0 Å². The Bertz CT molecular complexity index is 504. The van der Waals surface area contributed by atoms with E-state index in [4.69, 9.17) is 5.73 Å². The van der Waals surface area contributed by atoms with Crippen molar-refractivity contribution in [3.63, 3.8) is 0 Å². The number of nitrogens with one attached hydrogen (secondary N) is 1. The van der Waals surface area contributed by atoms with E-state index < -0.39 is 0 Å². The van der Waals surface area contributed by atoms with Crippen molar-refractivity contribution >= 4 is 17.2 Å². The van der Waals surface area contributed by atoms with Crippen LogP contribution in [0.4, 0.5) is 0 Å². The molecule has 2 aromatic heterocycles. The van der Waals surface area contributed by atoms with Crippen LogP contribution in [-0.2, 0) is 6.54 Å². The molecule has 5 nitrogen and oxygen atoms in total. The van der Waals surface area contributed by atoms with E-state index in [1.807, 2.05) is 36.0 Å². The van der Waals surface area contributed by atoms with E-state index in [2.05, 4.69) is 10.3 Å². The van der Waals surface area contributed by atoms with Crippen LogP contribution in [-0.4, -0.2) is 22.0 Å². The minimum absolute atomic E-state index is 0.128. The Morgan fingerprint density at radius 2 is 2.28 bits per heavy atom. The van der Waals surface area contributed by atoms with Gasteiger partial charge in [-0.3, -0.25) is 4.79 Å². The third kappa shape index (κ3) is 3.18. The summed E-state index contributed by atoms with van der Waals surface area (Å²) in [4.78, 5) is 16.0. The van der Waals surface area contributed by atoms with Crippen molar-refractivity contribution in [2.45, 2.75) is 19.5 Å². The first-order valence-electron chi connectivity index (χ1n) is 5.77. The van der Waals surface area contributed by atoms with E-state index in [1.54, 1.807) is 5.38 Å². The Labute approximate surface area is 110 Å². The maximum absolute atomic E-state index is 11.8. The molecular weight excluding hydrogens is 248 g/mol. The number of nitrogens with two attached hydrogens (primary N) is 1. The molecule has 1 atom stereocenters. The molecule has 0 aliphatic carbocycles. The van der Waals surface area contributed by atoms with Crippen LogP contribution in [0.1, 0.15) is 28.5 Å². The summed E-state index contributed by atoms with van der Waals surface area (Å²) in [5.41, 5.74) is 6.15. The summed E-state index contributed by atoms with van der Waals surface area (Å²) >= 11 is 1.42. The second-order valence-electron chi connectivity index (χ2n) is 4.04. The molecule has 1 unspecified atom stereocenters. The summed E-state index contributed by atoms with van der Waals surface area (Å²) in [5.74, 6) is -0.148. The largest absolute Gasteiger partial charge is 0.353 e. The number of hydrogen-bond acceptors (Lipinski definition) is 4. The van der Waals surface area contributed by atoms with Crippen LogP contribution >= 0.6 is 11.3 Å². The zero-order chi connectivity index (χ0) is 13.0. The van der Waals surface area contributed by atoms with Crippen molar-refractivity contribution in [2.75, 3.05) is 6.54 Å². The van der Waals surface area contributed by atoms with Crippen LogP contribution in [0.3, 0.4) is 0 Å². The van der Waals surface area contributed by atoms with Gasteiger partial charge in [0.15, 0.2) is 0 Å². The predicted molar refractivity (Wildman–Crippen MR) is 71.5 cm³/mol. The monoisotopic (exact) mass is 264 g/mol. The third-order valence-corrected chi connectivity index (χ3v) is 3.51. The van der Waals surface area contributed by atoms with Crippen molar-refractivity contribution in [3.05, 3.63) is 40.6 Å². The number of nitrogens with zero attached hydrogens (tertiary/aromatic N) is 2. The molecule has 0 spiro atoms. The lowest BCUT2D eigenvalue weighted by molar-refractivity contribution is 0.0948. The van der Waals surface area contributed by atoms with Crippen molar-refractivity contribution in [1.29, 1.82) is 0 Å². The lowest BCUT2D eigenvalue weighted by atomic mass is 10.4. The molecule has 1 amide bonds. The third-order valence-electron chi connectivity index (χ3n) is 2.47. The van der Waals surface area contributed by atoms with Gasteiger partial charge >= 0.3 is 0 Å². The number of rotatable bonds is 5. The zero-order valence-electron chi connectivity index (χ0n) is 10.2. The maximum Gasteiger partial charge on any atom is 0.270 e. The molecule has 0 fully saturated rings. The van der Waals surface area contributed by atoms with Gasteiger partial charge < -0.3 is 15.6 Å². The second kappa shape index (κ2) is 5.79. The minimum Gasteiger partial charge on any atom is -0.353 e. The summed E-state index contributed by atoms with van der Waals surface area (Å²) in [6, 6.07) is 3.78. The molecule has 2 aromatic rings. The zero-order valence-corrected chi connectivity index (χ0v) is 11.0. The van der Waals surface area contributed by atoms with Gasteiger partial charge in [-0.2, -0.15) is 0 Å². The van der Waals surface area contributed by atoms with Gasteiger partial charge in [-0.05, 0) is 19.1 Å². The Balaban J connectivity index is 1.83. The number of carbonyl (C=O) groups is 1. The molecule has 0 aliphatic rings. The average molecular weight is 264 g/mol. The predicted octanol–water partition coefficient (Wildman–Crippen LogP) is 1.39. The van der Waals surface area contributed by atoms with Gasteiger partial charge in [-0.1, -0.05) is 0 Å². The molecule has 96 valence electrons. The summed E-state index contributed by atoms with van der Waals surface area (Å²) < 4.78 is 2.01. The van der Waals surface area contributed by atoms with E-state index in [9.17, 15) is 4.79 Å². The highest BCUT2D eigenvalue weighted by Gasteiger charge is 2.11. The quantitative estimate of drug-likeness (QED) is 0.857. The molecule has 0 aromatic carbocycles. The lowest BCUT2D eigenvalue weighted by Crippen LogP contribution is -2.27. The first-order chi connectivity index (χ1) is 8.66. The van der Waals surface area contributed by atoms with E-state index in [1.165, 1.54) is 11.3 Å². The van der Waals surface area contributed by atoms with E-state index in [-0.39, 0.29) is 11.9 Å². The molecule has 18 heavy (non-hydrogen) atoms. The fourth-order valence-electron chi connectivity index (χ4n) is 1.51. The number of hydrogen-bond donors (Lipinski definition) is 2. The SMILES string of the molecule is CC(N)c1nc(C(=O)NCCn2cccc2)cs1. The van der Waals surface area contributed by atoms with Crippen molar-refractivity contribution in [2.24, 2.45) is 5.73 Å². The van der Waals surface area contributed by atoms with Gasteiger partial charge in [0, 0.05) is 30.9 Å². The first kappa shape index (κ1) is 12.8. The molecule has 3 N–H and O–H groups in total. The van der Waals surface area contributed by atoms with Crippen LogP contribution in [0.25, 0.3) is 0 Å². The smallest absolute Gasteiger partial charge is 0.270 e. The number of aromatic nitrogens is 2. The van der Waals surface area contributed by atoms with Crippen LogP contribution in [0.15, 0.2) is 29.9 Å².